The van der Waals surface area contributed by atoms with Gasteiger partial charge in [-0.2, -0.15) is 0 Å². The van der Waals surface area contributed by atoms with Gasteiger partial charge in [0.15, 0.2) is 5.78 Å². The first-order chi connectivity index (χ1) is 5.04. The molecule has 0 aromatic heterocycles. The van der Waals surface area contributed by atoms with Crippen LogP contribution in [0, 0.1) is 0 Å². The Bertz CT molecular complexity index is 150. The number of nitrogens with one attached hydrogen (secondary N) is 1. The van der Waals surface area contributed by atoms with Gasteiger partial charge in [0, 0.05) is 6.42 Å². The summed E-state index contributed by atoms with van der Waals surface area (Å²) in [5.74, 6) is 0.189. The molecule has 0 atom stereocenters. The number of hydrogen-bond acceptors (Lipinski definition) is 2. The topological polar surface area (TPSA) is 29.1 Å². The minimum Gasteiger partial charge on any atom is -0.306 e. The van der Waals surface area contributed by atoms with E-state index in [1.165, 1.54) is 0 Å². The smallest absolute Gasteiger partial charge is 0.156 e. The van der Waals surface area contributed by atoms with Gasteiger partial charge in [0.25, 0.3) is 0 Å². The molecule has 0 aliphatic heterocycles. The molecule has 11 heavy (non-hydrogen) atoms. The first-order valence-corrected chi connectivity index (χ1v) is 3.93. The lowest BCUT2D eigenvalue weighted by Gasteiger charge is -2.23. The van der Waals surface area contributed by atoms with Crippen LogP contribution in [-0.2, 0) is 4.79 Å². The van der Waals surface area contributed by atoms with Gasteiger partial charge in [-0.1, -0.05) is 13.0 Å². The van der Waals surface area contributed by atoms with E-state index in [0.717, 1.165) is 6.54 Å². The molecule has 0 saturated heterocycles. The van der Waals surface area contributed by atoms with Gasteiger partial charge in [0.05, 0.1) is 5.54 Å². The summed E-state index contributed by atoms with van der Waals surface area (Å²) in [5, 5.41) is 3.11. The van der Waals surface area contributed by atoms with Crippen LogP contribution >= 0.6 is 0 Å². The predicted octanol–water partition coefficient (Wildman–Crippen LogP) is 1.52. The maximum atomic E-state index is 11.3. The van der Waals surface area contributed by atoms with E-state index in [1.807, 2.05) is 20.8 Å². The molecule has 0 aliphatic rings. The monoisotopic (exact) mass is 155 g/mol. The molecule has 0 fully saturated rings. The van der Waals surface area contributed by atoms with E-state index in [9.17, 15) is 4.79 Å². The van der Waals surface area contributed by atoms with Crippen molar-refractivity contribution in [2.75, 3.05) is 6.54 Å². The maximum absolute atomic E-state index is 11.3. The number of hydrogen-bond donors (Lipinski definition) is 1. The van der Waals surface area contributed by atoms with Gasteiger partial charge >= 0.3 is 0 Å². The zero-order valence-electron chi connectivity index (χ0n) is 7.61. The van der Waals surface area contributed by atoms with E-state index < -0.39 is 5.54 Å². The summed E-state index contributed by atoms with van der Waals surface area (Å²) in [6.07, 6.45) is 2.08. The van der Waals surface area contributed by atoms with Gasteiger partial charge < -0.3 is 5.32 Å². The maximum Gasteiger partial charge on any atom is 0.156 e. The van der Waals surface area contributed by atoms with Crippen LogP contribution in [0.3, 0.4) is 0 Å². The van der Waals surface area contributed by atoms with Crippen LogP contribution in [0.1, 0.15) is 27.2 Å². The average Bonchev–Trinajstić information content (AvgIpc) is 1.88. The Hall–Kier alpha value is -0.630. The fourth-order valence-corrected chi connectivity index (χ4v) is 0.927. The lowest BCUT2D eigenvalue weighted by Crippen LogP contribution is -2.46. The summed E-state index contributed by atoms with van der Waals surface area (Å²) in [7, 11) is 0. The van der Waals surface area contributed by atoms with Crippen molar-refractivity contribution < 1.29 is 4.79 Å². The van der Waals surface area contributed by atoms with E-state index in [1.54, 1.807) is 6.08 Å². The molecule has 1 N–H and O–H groups in total. The first-order valence-electron chi connectivity index (χ1n) is 3.93. The molecule has 0 rings (SSSR count). The molecule has 0 unspecified atom stereocenters. The van der Waals surface area contributed by atoms with Gasteiger partial charge in [-0.05, 0) is 20.4 Å². The lowest BCUT2D eigenvalue weighted by atomic mass is 9.97. The van der Waals surface area contributed by atoms with Crippen molar-refractivity contribution in [2.45, 2.75) is 32.7 Å². The fraction of sp³-hybridized carbons (Fsp3) is 0.667. The number of carbonyl (C=O) groups is 1. The Morgan fingerprint density at radius 2 is 2.18 bits per heavy atom. The largest absolute Gasteiger partial charge is 0.306 e. The normalized spacial score (nSPS) is 11.2. The molecular formula is C9H17NO. The van der Waals surface area contributed by atoms with Crippen molar-refractivity contribution in [3.8, 4) is 0 Å². The van der Waals surface area contributed by atoms with Crippen LogP contribution in [0.25, 0.3) is 0 Å². The zero-order valence-corrected chi connectivity index (χ0v) is 7.61. The van der Waals surface area contributed by atoms with Crippen molar-refractivity contribution in [3.63, 3.8) is 0 Å². The van der Waals surface area contributed by atoms with E-state index in [0.29, 0.717) is 6.42 Å². The molecule has 0 aliphatic carbocycles. The number of carbonyl (C=O) groups excluding carboxylic acids is 1. The predicted molar refractivity (Wildman–Crippen MR) is 47.6 cm³/mol. The number of ketones is 1. The third-order valence-corrected chi connectivity index (χ3v) is 1.65. The van der Waals surface area contributed by atoms with Crippen molar-refractivity contribution in [1.29, 1.82) is 0 Å². The second-order valence-corrected chi connectivity index (χ2v) is 3.07. The van der Waals surface area contributed by atoms with Crippen LogP contribution < -0.4 is 5.32 Å². The summed E-state index contributed by atoms with van der Waals surface area (Å²) in [6, 6.07) is 0. The Balaban J connectivity index is 4.04. The Morgan fingerprint density at radius 3 is 2.55 bits per heavy atom. The third kappa shape index (κ3) is 3.33. The molecule has 2 nitrogen and oxygen atoms in total. The highest BCUT2D eigenvalue weighted by Crippen LogP contribution is 2.06. The van der Waals surface area contributed by atoms with Crippen LogP contribution in [0.2, 0.25) is 0 Å². The summed E-state index contributed by atoms with van der Waals surface area (Å²) in [4.78, 5) is 11.3. The van der Waals surface area contributed by atoms with Crippen molar-refractivity contribution in [2.24, 2.45) is 0 Å². The minimum atomic E-state index is -0.400. The molecule has 2 heteroatoms. The zero-order chi connectivity index (χ0) is 8.91. The second kappa shape index (κ2) is 4.29. The van der Waals surface area contributed by atoms with Gasteiger partial charge in [-0.3, -0.25) is 4.79 Å². The van der Waals surface area contributed by atoms with Gasteiger partial charge in [0.2, 0.25) is 0 Å². The molecule has 64 valence electrons. The number of allylic oxidation sites excluding steroid dienone is 1. The standard InChI is InChI=1S/C9H17NO/c1-5-7-8(11)9(3,4)10-6-2/h5,10H,1,6-7H2,2-4H3. The molecule has 0 aromatic rings. The molecule has 0 radical (unpaired) electrons. The first kappa shape index (κ1) is 10.4. The van der Waals surface area contributed by atoms with Crippen molar-refractivity contribution in [1.82, 2.24) is 5.32 Å². The van der Waals surface area contributed by atoms with Crippen LogP contribution in [0.4, 0.5) is 0 Å². The lowest BCUT2D eigenvalue weighted by molar-refractivity contribution is -0.123. The Morgan fingerprint density at radius 1 is 1.64 bits per heavy atom. The molecule has 0 amide bonds. The van der Waals surface area contributed by atoms with Crippen LogP contribution in [0.5, 0.6) is 0 Å². The van der Waals surface area contributed by atoms with Gasteiger partial charge in [-0.25, -0.2) is 0 Å². The summed E-state index contributed by atoms with van der Waals surface area (Å²) < 4.78 is 0. The SMILES string of the molecule is C=CCC(=O)C(C)(C)NCC. The molecule has 0 bridgehead atoms. The number of rotatable bonds is 5. The summed E-state index contributed by atoms with van der Waals surface area (Å²) >= 11 is 0. The highest BCUT2D eigenvalue weighted by molar-refractivity contribution is 5.88. The third-order valence-electron chi connectivity index (χ3n) is 1.65. The molecule has 0 heterocycles. The summed E-state index contributed by atoms with van der Waals surface area (Å²) in [5.41, 5.74) is -0.400. The van der Waals surface area contributed by atoms with E-state index in [4.69, 9.17) is 0 Å². The van der Waals surface area contributed by atoms with Crippen LogP contribution in [0.15, 0.2) is 12.7 Å². The van der Waals surface area contributed by atoms with E-state index in [-0.39, 0.29) is 5.78 Å². The van der Waals surface area contributed by atoms with Crippen molar-refractivity contribution in [3.05, 3.63) is 12.7 Å². The highest BCUT2D eigenvalue weighted by atomic mass is 16.1. The molecular weight excluding hydrogens is 138 g/mol. The van der Waals surface area contributed by atoms with Crippen molar-refractivity contribution >= 4 is 5.78 Å². The highest BCUT2D eigenvalue weighted by Gasteiger charge is 2.23. The fourth-order valence-electron chi connectivity index (χ4n) is 0.927. The van der Waals surface area contributed by atoms with E-state index >= 15 is 0 Å². The average molecular weight is 155 g/mol. The number of likely N-dealkylation sites (N-methyl/N-ethyl adjacent to an activating group) is 1. The van der Waals surface area contributed by atoms with Crippen LogP contribution in [-0.4, -0.2) is 17.9 Å². The minimum absolute atomic E-state index is 0.189. The molecule has 0 spiro atoms. The quantitative estimate of drug-likeness (QED) is 0.610. The van der Waals surface area contributed by atoms with Gasteiger partial charge in [0.1, 0.15) is 0 Å². The number of Topliss-reactive ketones (excluding diaryl/α,β-unsaturated/α-hetero) is 1. The molecule has 0 aromatic carbocycles. The second-order valence-electron chi connectivity index (χ2n) is 3.07. The van der Waals surface area contributed by atoms with Gasteiger partial charge in [-0.15, -0.1) is 6.58 Å². The molecule has 0 saturated carbocycles. The summed E-state index contributed by atoms with van der Waals surface area (Å²) in [6.45, 7) is 10.1. The Labute approximate surface area is 68.7 Å². The van der Waals surface area contributed by atoms with E-state index in [2.05, 4.69) is 11.9 Å². The Kier molecular flexibility index (Phi) is 4.04.